The molecular formula is C14H15F3N2OS. The van der Waals surface area contributed by atoms with E-state index in [0.717, 1.165) is 4.88 Å². The van der Waals surface area contributed by atoms with Crippen molar-refractivity contribution in [3.8, 4) is 11.8 Å². The molecule has 0 bridgehead atoms. The van der Waals surface area contributed by atoms with E-state index in [1.54, 1.807) is 11.4 Å². The van der Waals surface area contributed by atoms with E-state index in [9.17, 15) is 18.0 Å². The molecule has 114 valence electrons. The van der Waals surface area contributed by atoms with Gasteiger partial charge < -0.3 is 10.6 Å². The number of hydrogen-bond donors (Lipinski definition) is 1. The molecule has 1 amide bonds. The second-order valence-electron chi connectivity index (χ2n) is 4.81. The third kappa shape index (κ3) is 3.99. The summed E-state index contributed by atoms with van der Waals surface area (Å²) in [5.41, 5.74) is 5.75. The van der Waals surface area contributed by atoms with Gasteiger partial charge in [0.05, 0.1) is 22.9 Å². The largest absolute Gasteiger partial charge is 0.391 e. The van der Waals surface area contributed by atoms with Crippen molar-refractivity contribution in [1.29, 1.82) is 0 Å². The maximum atomic E-state index is 12.6. The summed E-state index contributed by atoms with van der Waals surface area (Å²) in [6.07, 6.45) is -4.22. The number of alkyl halides is 3. The van der Waals surface area contributed by atoms with Gasteiger partial charge in [-0.3, -0.25) is 4.79 Å². The highest BCUT2D eigenvalue weighted by atomic mass is 32.1. The first-order valence-electron chi connectivity index (χ1n) is 6.55. The molecule has 1 aliphatic rings. The molecule has 0 radical (unpaired) electrons. The van der Waals surface area contributed by atoms with Crippen LogP contribution in [0.5, 0.6) is 0 Å². The molecule has 7 heteroatoms. The molecule has 3 nitrogen and oxygen atoms in total. The summed E-state index contributed by atoms with van der Waals surface area (Å²) >= 11 is 1.33. The average Bonchev–Trinajstić information content (AvgIpc) is 2.92. The molecule has 0 saturated carbocycles. The molecule has 1 fully saturated rings. The summed E-state index contributed by atoms with van der Waals surface area (Å²) < 4.78 is 37.8. The summed E-state index contributed by atoms with van der Waals surface area (Å²) in [6.45, 7) is 0.525. The highest BCUT2D eigenvalue weighted by molar-refractivity contribution is 7.10. The lowest BCUT2D eigenvalue weighted by molar-refractivity contribution is -0.183. The van der Waals surface area contributed by atoms with Gasteiger partial charge in [-0.25, -0.2) is 0 Å². The van der Waals surface area contributed by atoms with E-state index in [0.29, 0.717) is 5.56 Å². The Hall–Kier alpha value is -1.52. The molecule has 1 aliphatic heterocycles. The monoisotopic (exact) mass is 316 g/mol. The van der Waals surface area contributed by atoms with Crippen molar-refractivity contribution in [2.75, 3.05) is 19.6 Å². The summed E-state index contributed by atoms with van der Waals surface area (Å²) in [6, 6.07) is 1.66. The molecule has 1 aromatic heterocycles. The van der Waals surface area contributed by atoms with Crippen LogP contribution in [0.2, 0.25) is 0 Å². The van der Waals surface area contributed by atoms with Crippen LogP contribution in [0.15, 0.2) is 11.4 Å². The lowest BCUT2D eigenvalue weighted by Gasteiger charge is -2.32. The number of carbonyl (C=O) groups excluding carboxylic acids is 1. The lowest BCUT2D eigenvalue weighted by Crippen LogP contribution is -2.42. The Kier molecular flexibility index (Phi) is 4.91. The number of thiophene rings is 1. The summed E-state index contributed by atoms with van der Waals surface area (Å²) in [5.74, 6) is 4.01. The van der Waals surface area contributed by atoms with Crippen LogP contribution in [0, 0.1) is 17.8 Å². The normalized spacial score (nSPS) is 16.5. The summed E-state index contributed by atoms with van der Waals surface area (Å²) in [7, 11) is 0. The van der Waals surface area contributed by atoms with Crippen LogP contribution in [0.3, 0.4) is 0 Å². The fourth-order valence-electron chi connectivity index (χ4n) is 2.24. The first-order chi connectivity index (χ1) is 9.91. The Labute approximate surface area is 124 Å². The van der Waals surface area contributed by atoms with Gasteiger partial charge in [-0.1, -0.05) is 11.8 Å². The maximum absolute atomic E-state index is 12.6. The molecule has 0 aromatic carbocycles. The van der Waals surface area contributed by atoms with Crippen molar-refractivity contribution in [3.05, 3.63) is 21.9 Å². The Bertz CT molecular complexity index is 563. The SMILES string of the molecule is NCC#Cc1cc(C(=O)N2CCC(C(F)(F)F)CC2)cs1. The molecule has 0 unspecified atom stereocenters. The van der Waals surface area contributed by atoms with Crippen LogP contribution in [-0.4, -0.2) is 36.6 Å². The van der Waals surface area contributed by atoms with Crippen molar-refractivity contribution in [1.82, 2.24) is 4.90 Å². The van der Waals surface area contributed by atoms with E-state index < -0.39 is 12.1 Å². The number of carbonyl (C=O) groups is 1. The number of rotatable bonds is 1. The van der Waals surface area contributed by atoms with Gasteiger partial charge in [-0.05, 0) is 18.9 Å². The highest BCUT2D eigenvalue weighted by Crippen LogP contribution is 2.34. The van der Waals surface area contributed by atoms with Gasteiger partial charge >= 0.3 is 6.18 Å². The zero-order chi connectivity index (χ0) is 15.5. The smallest absolute Gasteiger partial charge is 0.339 e. The van der Waals surface area contributed by atoms with E-state index in [1.165, 1.54) is 16.2 Å². The molecule has 1 saturated heterocycles. The molecule has 2 heterocycles. The van der Waals surface area contributed by atoms with E-state index >= 15 is 0 Å². The van der Waals surface area contributed by atoms with Crippen molar-refractivity contribution < 1.29 is 18.0 Å². The zero-order valence-corrected chi connectivity index (χ0v) is 12.1. The van der Waals surface area contributed by atoms with E-state index in [1.807, 2.05) is 0 Å². The predicted octanol–water partition coefficient (Wildman–Crippen LogP) is 2.47. The van der Waals surface area contributed by atoms with Crippen molar-refractivity contribution in [2.45, 2.75) is 19.0 Å². The zero-order valence-electron chi connectivity index (χ0n) is 11.2. The molecule has 0 atom stereocenters. The molecule has 2 rings (SSSR count). The van der Waals surface area contributed by atoms with E-state index in [-0.39, 0.29) is 38.4 Å². The number of halogens is 3. The van der Waals surface area contributed by atoms with Gasteiger partial charge in [0.25, 0.3) is 5.91 Å². The van der Waals surface area contributed by atoms with E-state index in [2.05, 4.69) is 11.8 Å². The van der Waals surface area contributed by atoms with Gasteiger partial charge in [-0.2, -0.15) is 13.2 Å². The van der Waals surface area contributed by atoms with Crippen LogP contribution in [0.1, 0.15) is 28.1 Å². The fourth-order valence-corrected chi connectivity index (χ4v) is 2.99. The Morgan fingerprint density at radius 1 is 1.43 bits per heavy atom. The first-order valence-corrected chi connectivity index (χ1v) is 7.43. The van der Waals surface area contributed by atoms with Crippen molar-refractivity contribution >= 4 is 17.2 Å². The van der Waals surface area contributed by atoms with Gasteiger partial charge in [0.1, 0.15) is 0 Å². The van der Waals surface area contributed by atoms with Gasteiger partial charge in [-0.15, -0.1) is 11.3 Å². The molecule has 2 N–H and O–H groups in total. The Morgan fingerprint density at radius 2 is 2.10 bits per heavy atom. The van der Waals surface area contributed by atoms with Crippen LogP contribution < -0.4 is 5.73 Å². The van der Waals surface area contributed by atoms with Crippen LogP contribution in [0.25, 0.3) is 0 Å². The molecule has 0 spiro atoms. The highest BCUT2D eigenvalue weighted by Gasteiger charge is 2.41. The number of nitrogens with zero attached hydrogens (tertiary/aromatic N) is 1. The van der Waals surface area contributed by atoms with Gasteiger partial charge in [0.15, 0.2) is 0 Å². The quantitative estimate of drug-likeness (QED) is 0.809. The topological polar surface area (TPSA) is 46.3 Å². The average molecular weight is 316 g/mol. The lowest BCUT2D eigenvalue weighted by atomic mass is 9.96. The van der Waals surface area contributed by atoms with Crippen LogP contribution in [-0.2, 0) is 0 Å². The minimum absolute atomic E-state index is 0.0286. The third-order valence-electron chi connectivity index (χ3n) is 3.41. The number of amides is 1. The fraction of sp³-hybridized carbons (Fsp3) is 0.500. The minimum Gasteiger partial charge on any atom is -0.339 e. The van der Waals surface area contributed by atoms with Gasteiger partial charge in [0.2, 0.25) is 0 Å². The van der Waals surface area contributed by atoms with Crippen LogP contribution in [0.4, 0.5) is 13.2 Å². The van der Waals surface area contributed by atoms with Crippen molar-refractivity contribution in [3.63, 3.8) is 0 Å². The number of nitrogens with two attached hydrogens (primary N) is 1. The maximum Gasteiger partial charge on any atom is 0.391 e. The predicted molar refractivity (Wildman–Crippen MR) is 74.9 cm³/mol. The first kappa shape index (κ1) is 15.9. The number of hydrogen-bond acceptors (Lipinski definition) is 3. The number of piperidine rings is 1. The number of likely N-dealkylation sites (tertiary alicyclic amines) is 1. The molecule has 1 aromatic rings. The Morgan fingerprint density at radius 3 is 2.67 bits per heavy atom. The summed E-state index contributed by atoms with van der Waals surface area (Å²) in [5, 5.41) is 1.68. The second kappa shape index (κ2) is 6.50. The van der Waals surface area contributed by atoms with Crippen molar-refractivity contribution in [2.24, 2.45) is 11.7 Å². The Balaban J connectivity index is 1.97. The molecule has 21 heavy (non-hydrogen) atoms. The van der Waals surface area contributed by atoms with E-state index in [4.69, 9.17) is 5.73 Å². The van der Waals surface area contributed by atoms with Crippen LogP contribution >= 0.6 is 11.3 Å². The standard InChI is InChI=1S/C14H15F3N2OS/c15-14(16,17)11-3-6-19(7-4-11)13(20)10-8-12(21-9-10)2-1-5-18/h8-9,11H,3-7,18H2. The second-order valence-corrected chi connectivity index (χ2v) is 5.72. The molecular weight excluding hydrogens is 301 g/mol. The summed E-state index contributed by atoms with van der Waals surface area (Å²) in [4.78, 5) is 14.4. The molecule has 0 aliphatic carbocycles. The third-order valence-corrected chi connectivity index (χ3v) is 4.25. The minimum atomic E-state index is -4.16. The van der Waals surface area contributed by atoms with Gasteiger partial charge in [0, 0.05) is 18.5 Å².